The van der Waals surface area contributed by atoms with Crippen molar-refractivity contribution in [2.24, 2.45) is 0 Å². The van der Waals surface area contributed by atoms with Crippen LogP contribution >= 0.6 is 11.3 Å². The first kappa shape index (κ1) is 11.9. The van der Waals surface area contributed by atoms with Gasteiger partial charge in [-0.15, -0.1) is 11.3 Å². The van der Waals surface area contributed by atoms with E-state index in [0.29, 0.717) is 11.8 Å². The highest BCUT2D eigenvalue weighted by Gasteiger charge is 2.11. The maximum atomic E-state index is 5.07. The van der Waals surface area contributed by atoms with Gasteiger partial charge in [-0.05, 0) is 17.9 Å². The number of thiophene rings is 1. The molecule has 2 heterocycles. The molecule has 1 unspecified atom stereocenters. The third-order valence-corrected chi connectivity index (χ3v) is 3.42. The number of ether oxygens (including phenoxy) is 1. The summed E-state index contributed by atoms with van der Waals surface area (Å²) in [6, 6.07) is 6.15. The van der Waals surface area contributed by atoms with Crippen molar-refractivity contribution < 1.29 is 4.74 Å². The molecule has 0 spiro atoms. The van der Waals surface area contributed by atoms with Crippen molar-refractivity contribution in [2.75, 3.05) is 12.4 Å². The number of methoxy groups -OCH3 is 1. The highest BCUT2D eigenvalue weighted by atomic mass is 32.1. The number of nitrogens with one attached hydrogen (secondary N) is 1. The fourth-order valence-corrected chi connectivity index (χ4v) is 2.41. The van der Waals surface area contributed by atoms with Crippen LogP contribution in [0.1, 0.15) is 24.3 Å². The molecule has 0 amide bonds. The number of hydrogen-bond donors (Lipinski definition) is 1. The Balaban J connectivity index is 2.13. The molecule has 2 aromatic rings. The molecule has 90 valence electrons. The van der Waals surface area contributed by atoms with Crippen LogP contribution in [0.3, 0.4) is 0 Å². The summed E-state index contributed by atoms with van der Waals surface area (Å²) in [7, 11) is 1.60. The van der Waals surface area contributed by atoms with Crippen LogP contribution in [-0.4, -0.2) is 17.1 Å². The molecule has 1 N–H and O–H groups in total. The van der Waals surface area contributed by atoms with E-state index in [2.05, 4.69) is 39.7 Å². The second-order valence-electron chi connectivity index (χ2n) is 3.54. The lowest BCUT2D eigenvalue weighted by atomic mass is 10.2. The molecular weight excluding hydrogens is 234 g/mol. The minimum Gasteiger partial charge on any atom is -0.481 e. The zero-order chi connectivity index (χ0) is 12.1. The summed E-state index contributed by atoms with van der Waals surface area (Å²) in [5.74, 6) is 1.17. The van der Waals surface area contributed by atoms with Crippen molar-refractivity contribution >= 4 is 17.3 Å². The van der Waals surface area contributed by atoms with Crippen LogP contribution in [0.2, 0.25) is 0 Å². The first-order valence-corrected chi connectivity index (χ1v) is 6.38. The largest absolute Gasteiger partial charge is 0.481 e. The molecule has 0 bridgehead atoms. The molecule has 2 rings (SSSR count). The third-order valence-electron chi connectivity index (χ3n) is 2.44. The van der Waals surface area contributed by atoms with E-state index in [0.717, 1.165) is 6.42 Å². The van der Waals surface area contributed by atoms with E-state index < -0.39 is 0 Å². The lowest BCUT2D eigenvalue weighted by Crippen LogP contribution is -2.10. The normalized spacial score (nSPS) is 12.1. The van der Waals surface area contributed by atoms with E-state index in [1.54, 1.807) is 30.7 Å². The van der Waals surface area contributed by atoms with E-state index >= 15 is 0 Å². The van der Waals surface area contributed by atoms with Crippen LogP contribution < -0.4 is 10.1 Å². The highest BCUT2D eigenvalue weighted by molar-refractivity contribution is 7.10. The number of rotatable bonds is 5. The van der Waals surface area contributed by atoms with Crippen LogP contribution in [-0.2, 0) is 0 Å². The Kier molecular flexibility index (Phi) is 3.93. The summed E-state index contributed by atoms with van der Waals surface area (Å²) in [4.78, 5) is 9.73. The Morgan fingerprint density at radius 1 is 1.47 bits per heavy atom. The van der Waals surface area contributed by atoms with Gasteiger partial charge in [0, 0.05) is 17.1 Å². The molecule has 0 aliphatic carbocycles. The Bertz CT molecular complexity index is 459. The van der Waals surface area contributed by atoms with E-state index in [9.17, 15) is 0 Å². The lowest BCUT2D eigenvalue weighted by Gasteiger charge is -2.15. The number of nitrogens with zero attached hydrogens (tertiary/aromatic N) is 2. The zero-order valence-electron chi connectivity index (χ0n) is 9.88. The highest BCUT2D eigenvalue weighted by Crippen LogP contribution is 2.25. The second kappa shape index (κ2) is 5.63. The summed E-state index contributed by atoms with van der Waals surface area (Å²) in [5, 5.41) is 5.39. The average Bonchev–Trinajstić information content (AvgIpc) is 2.90. The monoisotopic (exact) mass is 249 g/mol. The van der Waals surface area contributed by atoms with Gasteiger partial charge in [0.2, 0.25) is 11.8 Å². The molecular formula is C12H15N3OS. The fourth-order valence-electron chi connectivity index (χ4n) is 1.55. The Morgan fingerprint density at radius 2 is 2.35 bits per heavy atom. The topological polar surface area (TPSA) is 47.0 Å². The van der Waals surface area contributed by atoms with E-state index in [-0.39, 0.29) is 6.04 Å². The van der Waals surface area contributed by atoms with E-state index in [1.165, 1.54) is 4.88 Å². The number of hydrogen-bond acceptors (Lipinski definition) is 5. The van der Waals surface area contributed by atoms with Crippen molar-refractivity contribution in [2.45, 2.75) is 19.4 Å². The minimum absolute atomic E-state index is 0.252. The summed E-state index contributed by atoms with van der Waals surface area (Å²) >= 11 is 1.74. The summed E-state index contributed by atoms with van der Waals surface area (Å²) in [5.41, 5.74) is 0. The Labute approximate surface area is 105 Å². The summed E-state index contributed by atoms with van der Waals surface area (Å²) < 4.78 is 5.07. The molecule has 0 aliphatic heterocycles. The Morgan fingerprint density at radius 3 is 3.00 bits per heavy atom. The predicted octanol–water partition coefficient (Wildman–Crippen LogP) is 3.11. The lowest BCUT2D eigenvalue weighted by molar-refractivity contribution is 0.397. The van der Waals surface area contributed by atoms with Crippen LogP contribution in [0.4, 0.5) is 5.95 Å². The maximum Gasteiger partial charge on any atom is 0.226 e. The minimum atomic E-state index is 0.252. The van der Waals surface area contributed by atoms with Crippen LogP contribution in [0.15, 0.2) is 29.8 Å². The van der Waals surface area contributed by atoms with Gasteiger partial charge in [-0.2, -0.15) is 4.98 Å². The number of aromatic nitrogens is 2. The van der Waals surface area contributed by atoms with E-state index in [1.807, 2.05) is 0 Å². The van der Waals surface area contributed by atoms with Gasteiger partial charge in [0.1, 0.15) is 0 Å². The molecule has 0 saturated carbocycles. The maximum absolute atomic E-state index is 5.07. The van der Waals surface area contributed by atoms with Crippen LogP contribution in [0.5, 0.6) is 5.88 Å². The van der Waals surface area contributed by atoms with Gasteiger partial charge in [0.05, 0.1) is 13.2 Å². The Hall–Kier alpha value is -1.62. The average molecular weight is 249 g/mol. The van der Waals surface area contributed by atoms with Gasteiger partial charge in [-0.1, -0.05) is 13.0 Å². The van der Waals surface area contributed by atoms with Crippen LogP contribution in [0.25, 0.3) is 0 Å². The smallest absolute Gasteiger partial charge is 0.226 e. The third kappa shape index (κ3) is 2.94. The first-order chi connectivity index (χ1) is 8.33. The van der Waals surface area contributed by atoms with Gasteiger partial charge in [0.15, 0.2) is 0 Å². The molecule has 1 atom stereocenters. The van der Waals surface area contributed by atoms with Gasteiger partial charge < -0.3 is 10.1 Å². The van der Waals surface area contributed by atoms with Gasteiger partial charge in [-0.3, -0.25) is 0 Å². The molecule has 0 saturated heterocycles. The zero-order valence-corrected chi connectivity index (χ0v) is 10.7. The van der Waals surface area contributed by atoms with E-state index in [4.69, 9.17) is 4.74 Å². The van der Waals surface area contributed by atoms with Crippen molar-refractivity contribution in [1.82, 2.24) is 9.97 Å². The van der Waals surface area contributed by atoms with Crippen molar-refractivity contribution in [3.05, 3.63) is 34.7 Å². The van der Waals surface area contributed by atoms with Gasteiger partial charge >= 0.3 is 0 Å². The summed E-state index contributed by atoms with van der Waals surface area (Å²) in [6.45, 7) is 2.14. The first-order valence-electron chi connectivity index (χ1n) is 5.50. The summed E-state index contributed by atoms with van der Waals surface area (Å²) in [6.07, 6.45) is 2.68. The number of anilines is 1. The molecule has 2 aromatic heterocycles. The molecule has 5 heteroatoms. The second-order valence-corrected chi connectivity index (χ2v) is 4.52. The molecule has 0 fully saturated rings. The van der Waals surface area contributed by atoms with Crippen molar-refractivity contribution in [1.29, 1.82) is 0 Å². The van der Waals surface area contributed by atoms with Gasteiger partial charge in [0.25, 0.3) is 0 Å². The SMILES string of the molecule is CCC(Nc1nccc(OC)n1)c1cccs1. The van der Waals surface area contributed by atoms with Gasteiger partial charge in [-0.25, -0.2) is 4.98 Å². The quantitative estimate of drug-likeness (QED) is 0.884. The fraction of sp³-hybridized carbons (Fsp3) is 0.333. The molecule has 0 aromatic carbocycles. The molecule has 0 radical (unpaired) electrons. The molecule has 17 heavy (non-hydrogen) atoms. The van der Waals surface area contributed by atoms with Crippen molar-refractivity contribution in [3.8, 4) is 5.88 Å². The molecule has 0 aliphatic rings. The molecule has 4 nitrogen and oxygen atoms in total. The standard InChI is InChI=1S/C12H15N3OS/c1-3-9(10-5-4-8-17-10)14-12-13-7-6-11(15-12)16-2/h4-9H,3H2,1-2H3,(H,13,14,15). The van der Waals surface area contributed by atoms with Crippen LogP contribution in [0, 0.1) is 0 Å². The van der Waals surface area contributed by atoms with Crippen molar-refractivity contribution in [3.63, 3.8) is 0 Å². The predicted molar refractivity (Wildman–Crippen MR) is 69.6 cm³/mol.